The molecule has 1 saturated heterocycles. The molecule has 0 aromatic heterocycles. The molecular weight excluding hydrogens is 354 g/mol. The van der Waals surface area contributed by atoms with E-state index in [0.717, 1.165) is 12.8 Å². The second kappa shape index (κ2) is 8.75. The Bertz CT molecular complexity index is 746. The molecule has 2 N–H and O–H groups in total. The maximum atomic E-state index is 13.0. The first kappa shape index (κ1) is 20.5. The molecule has 1 fully saturated rings. The summed E-state index contributed by atoms with van der Waals surface area (Å²) in [5.74, 6) is -0.390. The van der Waals surface area contributed by atoms with E-state index >= 15 is 0 Å². The second-order valence-electron chi connectivity index (χ2n) is 6.64. The summed E-state index contributed by atoms with van der Waals surface area (Å²) in [5, 5.41) is 5.86. The minimum Gasteiger partial charge on any atom is -0.353 e. The minimum absolute atomic E-state index is 0.103. The van der Waals surface area contributed by atoms with Gasteiger partial charge in [0.15, 0.2) is 5.78 Å². The number of carbonyl (C=O) groups is 2. The molecule has 1 aromatic rings. The zero-order chi connectivity index (χ0) is 19.3. The number of sulfonamides is 1. The Kier molecular flexibility index (Phi) is 6.91. The highest BCUT2D eigenvalue weighted by atomic mass is 32.2. The molecule has 2 atom stereocenters. The molecule has 1 aliphatic heterocycles. The SMILES string of the molecule is CNC(C)CNC(=O)C1CCCCN1S(=O)(=O)c1ccc(C(C)=O)cc1. The van der Waals surface area contributed by atoms with Crippen molar-refractivity contribution in [1.82, 2.24) is 14.9 Å². The van der Waals surface area contributed by atoms with E-state index in [1.165, 1.54) is 35.5 Å². The van der Waals surface area contributed by atoms with Crippen molar-refractivity contribution >= 4 is 21.7 Å². The summed E-state index contributed by atoms with van der Waals surface area (Å²) in [4.78, 5) is 24.0. The predicted octanol–water partition coefficient (Wildman–Crippen LogP) is 1.16. The van der Waals surface area contributed by atoms with E-state index in [0.29, 0.717) is 25.1 Å². The lowest BCUT2D eigenvalue weighted by atomic mass is 10.0. The zero-order valence-electron chi connectivity index (χ0n) is 15.5. The van der Waals surface area contributed by atoms with Crippen molar-refractivity contribution in [3.63, 3.8) is 0 Å². The Balaban J connectivity index is 2.21. The summed E-state index contributed by atoms with van der Waals surface area (Å²) < 4.78 is 27.3. The third-order valence-corrected chi connectivity index (χ3v) is 6.62. The lowest BCUT2D eigenvalue weighted by Crippen LogP contribution is -2.53. The highest BCUT2D eigenvalue weighted by molar-refractivity contribution is 7.89. The molecule has 144 valence electrons. The monoisotopic (exact) mass is 381 g/mol. The van der Waals surface area contributed by atoms with E-state index < -0.39 is 16.1 Å². The van der Waals surface area contributed by atoms with Crippen molar-refractivity contribution in [2.45, 2.75) is 50.1 Å². The number of amides is 1. The number of piperidine rings is 1. The molecule has 8 heteroatoms. The summed E-state index contributed by atoms with van der Waals surface area (Å²) in [5.41, 5.74) is 0.456. The Morgan fingerprint density at radius 3 is 2.46 bits per heavy atom. The van der Waals surface area contributed by atoms with Gasteiger partial charge >= 0.3 is 0 Å². The Morgan fingerprint density at radius 2 is 1.88 bits per heavy atom. The van der Waals surface area contributed by atoms with Gasteiger partial charge in [0.05, 0.1) is 4.90 Å². The van der Waals surface area contributed by atoms with Gasteiger partial charge in [-0.05, 0) is 45.9 Å². The minimum atomic E-state index is -3.80. The van der Waals surface area contributed by atoms with E-state index in [1.807, 2.05) is 6.92 Å². The van der Waals surface area contributed by atoms with Crippen LogP contribution in [0.2, 0.25) is 0 Å². The molecule has 7 nitrogen and oxygen atoms in total. The highest BCUT2D eigenvalue weighted by Crippen LogP contribution is 2.26. The van der Waals surface area contributed by atoms with Gasteiger partial charge in [0.2, 0.25) is 15.9 Å². The lowest BCUT2D eigenvalue weighted by Gasteiger charge is -2.33. The van der Waals surface area contributed by atoms with E-state index in [1.54, 1.807) is 7.05 Å². The lowest BCUT2D eigenvalue weighted by molar-refractivity contribution is -0.125. The number of Topliss-reactive ketones (excluding diaryl/α,β-unsaturated/α-hetero) is 1. The summed E-state index contributed by atoms with van der Waals surface area (Å²) in [6, 6.07) is 5.26. The molecule has 0 radical (unpaired) electrons. The van der Waals surface area contributed by atoms with Crippen LogP contribution in [0.15, 0.2) is 29.2 Å². The van der Waals surface area contributed by atoms with Crippen LogP contribution in [0.3, 0.4) is 0 Å². The molecule has 1 aromatic carbocycles. The van der Waals surface area contributed by atoms with Crippen LogP contribution in [0.4, 0.5) is 0 Å². The third kappa shape index (κ3) is 4.69. The largest absolute Gasteiger partial charge is 0.353 e. The van der Waals surface area contributed by atoms with Crippen molar-refractivity contribution in [2.75, 3.05) is 20.1 Å². The standard InChI is InChI=1S/C18H27N3O4S/c1-13(19-3)12-20-18(23)17-6-4-5-11-21(17)26(24,25)16-9-7-15(8-10-16)14(2)22/h7-10,13,17,19H,4-6,11-12H2,1-3H3,(H,20,23). The average Bonchev–Trinajstić information content (AvgIpc) is 2.65. The van der Waals surface area contributed by atoms with Crippen molar-refractivity contribution in [3.05, 3.63) is 29.8 Å². The first-order valence-electron chi connectivity index (χ1n) is 8.85. The normalized spacial score (nSPS) is 19.7. The van der Waals surface area contributed by atoms with Crippen molar-refractivity contribution in [3.8, 4) is 0 Å². The summed E-state index contributed by atoms with van der Waals surface area (Å²) in [7, 11) is -1.99. The van der Waals surface area contributed by atoms with E-state index in [-0.39, 0.29) is 22.6 Å². The molecule has 0 aliphatic carbocycles. The first-order chi connectivity index (χ1) is 12.3. The molecule has 26 heavy (non-hydrogen) atoms. The smallest absolute Gasteiger partial charge is 0.243 e. The van der Waals surface area contributed by atoms with E-state index in [4.69, 9.17) is 0 Å². The van der Waals surface area contributed by atoms with Crippen molar-refractivity contribution in [1.29, 1.82) is 0 Å². The molecule has 1 amide bonds. The van der Waals surface area contributed by atoms with Gasteiger partial charge in [0.25, 0.3) is 0 Å². The maximum absolute atomic E-state index is 13.0. The number of likely N-dealkylation sites (N-methyl/N-ethyl adjacent to an activating group) is 1. The van der Waals surface area contributed by atoms with Crippen LogP contribution in [0, 0.1) is 0 Å². The van der Waals surface area contributed by atoms with Crippen LogP contribution in [-0.4, -0.2) is 56.6 Å². The van der Waals surface area contributed by atoms with Gasteiger partial charge in [-0.2, -0.15) is 4.31 Å². The Labute approximate surface area is 155 Å². The summed E-state index contributed by atoms with van der Waals surface area (Å²) in [6.45, 7) is 4.12. The van der Waals surface area contributed by atoms with Gasteiger partial charge in [-0.15, -0.1) is 0 Å². The Morgan fingerprint density at radius 1 is 1.23 bits per heavy atom. The van der Waals surface area contributed by atoms with Crippen LogP contribution in [-0.2, 0) is 14.8 Å². The van der Waals surface area contributed by atoms with Crippen molar-refractivity contribution < 1.29 is 18.0 Å². The molecule has 2 rings (SSSR count). The number of benzene rings is 1. The van der Waals surface area contributed by atoms with Gasteiger partial charge in [-0.3, -0.25) is 9.59 Å². The van der Waals surface area contributed by atoms with E-state index in [9.17, 15) is 18.0 Å². The van der Waals surface area contributed by atoms with Crippen LogP contribution in [0.5, 0.6) is 0 Å². The number of ketones is 1. The van der Waals surface area contributed by atoms with Gasteiger partial charge in [0.1, 0.15) is 6.04 Å². The average molecular weight is 381 g/mol. The first-order valence-corrected chi connectivity index (χ1v) is 10.3. The van der Waals surface area contributed by atoms with Crippen LogP contribution < -0.4 is 10.6 Å². The van der Waals surface area contributed by atoms with Gasteiger partial charge in [-0.25, -0.2) is 8.42 Å². The topological polar surface area (TPSA) is 95.6 Å². The number of hydrogen-bond donors (Lipinski definition) is 2. The second-order valence-corrected chi connectivity index (χ2v) is 8.53. The van der Waals surface area contributed by atoms with Crippen molar-refractivity contribution in [2.24, 2.45) is 0 Å². The third-order valence-electron chi connectivity index (χ3n) is 4.70. The van der Waals surface area contributed by atoms with Crippen LogP contribution in [0.25, 0.3) is 0 Å². The fourth-order valence-electron chi connectivity index (χ4n) is 2.93. The number of carbonyl (C=O) groups excluding carboxylic acids is 2. The number of rotatable bonds is 7. The summed E-state index contributed by atoms with van der Waals surface area (Å²) >= 11 is 0. The molecule has 0 bridgehead atoms. The molecule has 0 spiro atoms. The molecule has 1 aliphatic rings. The Hall–Kier alpha value is -1.77. The highest BCUT2D eigenvalue weighted by Gasteiger charge is 2.37. The van der Waals surface area contributed by atoms with E-state index in [2.05, 4.69) is 10.6 Å². The maximum Gasteiger partial charge on any atom is 0.243 e. The molecular formula is C18H27N3O4S. The number of nitrogens with zero attached hydrogens (tertiary/aromatic N) is 1. The zero-order valence-corrected chi connectivity index (χ0v) is 16.3. The fraction of sp³-hybridized carbons (Fsp3) is 0.556. The number of nitrogens with one attached hydrogen (secondary N) is 2. The fourth-order valence-corrected chi connectivity index (χ4v) is 4.58. The van der Waals surface area contributed by atoms with Gasteiger partial charge in [0, 0.05) is 24.7 Å². The molecule has 1 heterocycles. The number of hydrogen-bond acceptors (Lipinski definition) is 5. The van der Waals surface area contributed by atoms with Gasteiger partial charge < -0.3 is 10.6 Å². The van der Waals surface area contributed by atoms with Crippen LogP contribution >= 0.6 is 0 Å². The molecule has 2 unspecified atom stereocenters. The predicted molar refractivity (Wildman–Crippen MR) is 99.5 cm³/mol. The van der Waals surface area contributed by atoms with Crippen LogP contribution in [0.1, 0.15) is 43.5 Å². The van der Waals surface area contributed by atoms with Gasteiger partial charge in [-0.1, -0.05) is 18.6 Å². The quantitative estimate of drug-likeness (QED) is 0.691. The molecule has 0 saturated carbocycles. The summed E-state index contributed by atoms with van der Waals surface area (Å²) in [6.07, 6.45) is 2.04.